The first kappa shape index (κ1) is 12.5. The molecule has 1 N–H and O–H groups in total. The predicted molar refractivity (Wildman–Crippen MR) is 72.7 cm³/mol. The van der Waals surface area contributed by atoms with Gasteiger partial charge in [0.05, 0.1) is 6.54 Å². The van der Waals surface area contributed by atoms with Crippen LogP contribution in [0.3, 0.4) is 0 Å². The number of nitrogens with one attached hydrogen (secondary N) is 1. The van der Waals surface area contributed by atoms with Crippen LogP contribution in [-0.4, -0.2) is 23.4 Å². The van der Waals surface area contributed by atoms with Gasteiger partial charge in [0.25, 0.3) is 0 Å². The summed E-state index contributed by atoms with van der Waals surface area (Å²) < 4.78 is 0. The number of carbonyl (C=O) groups excluding carboxylic acids is 1. The highest BCUT2D eigenvalue weighted by atomic mass is 35.5. The fourth-order valence-electron chi connectivity index (χ4n) is 1.54. The van der Waals surface area contributed by atoms with Gasteiger partial charge < -0.3 is 5.32 Å². The first-order chi connectivity index (χ1) is 8.24. The highest BCUT2D eigenvalue weighted by Crippen LogP contribution is 2.13. The minimum Gasteiger partial charge on any atom is -0.305 e. The van der Waals surface area contributed by atoms with E-state index >= 15 is 0 Å². The number of aryl methyl sites for hydroxylation is 1. The Morgan fingerprint density at radius 2 is 2.41 bits per heavy atom. The van der Waals surface area contributed by atoms with E-state index in [9.17, 15) is 4.79 Å². The lowest BCUT2D eigenvalue weighted by atomic mass is 10.1. The molecule has 1 heterocycles. The molecule has 2 rings (SSSR count). The normalized spacial score (nSPS) is 14.5. The standard InChI is InChI=1S/C12H13ClN2OS/c13-10-3-1-2-9(8-10)4-5-11(16)15-12-14-6-7-17-12/h1-3,8H,4-7H2,(H,14,15,16). The van der Waals surface area contributed by atoms with Gasteiger partial charge >= 0.3 is 0 Å². The summed E-state index contributed by atoms with van der Waals surface area (Å²) in [6.07, 6.45) is 1.16. The smallest absolute Gasteiger partial charge is 0.226 e. The van der Waals surface area contributed by atoms with Gasteiger partial charge in [-0.05, 0) is 24.1 Å². The molecule has 90 valence electrons. The zero-order chi connectivity index (χ0) is 12.1. The number of nitrogens with zero attached hydrogens (tertiary/aromatic N) is 1. The summed E-state index contributed by atoms with van der Waals surface area (Å²) >= 11 is 7.47. The van der Waals surface area contributed by atoms with Gasteiger partial charge in [-0.3, -0.25) is 9.79 Å². The van der Waals surface area contributed by atoms with Gasteiger partial charge in [0, 0.05) is 17.2 Å². The fourth-order valence-corrected chi connectivity index (χ4v) is 2.50. The van der Waals surface area contributed by atoms with Crippen LogP contribution in [0.5, 0.6) is 0 Å². The van der Waals surface area contributed by atoms with Crippen LogP contribution in [0.25, 0.3) is 0 Å². The summed E-state index contributed by atoms with van der Waals surface area (Å²) in [6.45, 7) is 0.800. The van der Waals surface area contributed by atoms with E-state index in [-0.39, 0.29) is 5.91 Å². The van der Waals surface area contributed by atoms with Crippen molar-refractivity contribution in [2.24, 2.45) is 4.99 Å². The van der Waals surface area contributed by atoms with Gasteiger partial charge in [0.15, 0.2) is 5.17 Å². The fraction of sp³-hybridized carbons (Fsp3) is 0.333. The van der Waals surface area contributed by atoms with Gasteiger partial charge in [0.2, 0.25) is 5.91 Å². The molecular weight excluding hydrogens is 256 g/mol. The Morgan fingerprint density at radius 3 is 3.12 bits per heavy atom. The monoisotopic (exact) mass is 268 g/mol. The van der Waals surface area contributed by atoms with Crippen molar-refractivity contribution >= 4 is 34.4 Å². The maximum Gasteiger partial charge on any atom is 0.226 e. The minimum atomic E-state index is 0.0122. The Bertz CT molecular complexity index is 448. The van der Waals surface area contributed by atoms with Crippen LogP contribution >= 0.6 is 23.4 Å². The highest BCUT2D eigenvalue weighted by molar-refractivity contribution is 8.14. The summed E-state index contributed by atoms with van der Waals surface area (Å²) in [6, 6.07) is 7.58. The zero-order valence-electron chi connectivity index (χ0n) is 9.28. The zero-order valence-corrected chi connectivity index (χ0v) is 10.9. The lowest BCUT2D eigenvalue weighted by Gasteiger charge is -2.04. The van der Waals surface area contributed by atoms with E-state index in [1.165, 1.54) is 0 Å². The van der Waals surface area contributed by atoms with E-state index in [2.05, 4.69) is 10.3 Å². The first-order valence-corrected chi connectivity index (χ1v) is 6.82. The van der Waals surface area contributed by atoms with E-state index in [0.29, 0.717) is 17.9 Å². The molecule has 0 saturated carbocycles. The number of amides is 1. The largest absolute Gasteiger partial charge is 0.305 e. The average molecular weight is 269 g/mol. The van der Waals surface area contributed by atoms with Gasteiger partial charge in [-0.25, -0.2) is 0 Å². The molecule has 1 aromatic carbocycles. The molecule has 5 heteroatoms. The van der Waals surface area contributed by atoms with E-state index < -0.39 is 0 Å². The second-order valence-corrected chi connectivity index (χ2v) is 5.23. The van der Waals surface area contributed by atoms with Crippen LogP contribution in [0.2, 0.25) is 5.02 Å². The van der Waals surface area contributed by atoms with Crippen LogP contribution in [-0.2, 0) is 11.2 Å². The number of halogens is 1. The molecule has 0 spiro atoms. The number of rotatable bonds is 3. The maximum absolute atomic E-state index is 11.6. The summed E-state index contributed by atoms with van der Waals surface area (Å²) in [5.74, 6) is 0.974. The van der Waals surface area contributed by atoms with Crippen LogP contribution in [0.1, 0.15) is 12.0 Å². The topological polar surface area (TPSA) is 41.5 Å². The van der Waals surface area contributed by atoms with Crippen molar-refractivity contribution in [3.05, 3.63) is 34.9 Å². The SMILES string of the molecule is O=C(CCc1cccc(Cl)c1)NC1=NCCS1. The average Bonchev–Trinajstić information content (AvgIpc) is 2.79. The van der Waals surface area contributed by atoms with Crippen molar-refractivity contribution in [3.8, 4) is 0 Å². The Balaban J connectivity index is 1.79. The second-order valence-electron chi connectivity index (χ2n) is 3.71. The van der Waals surface area contributed by atoms with Crippen molar-refractivity contribution in [1.29, 1.82) is 0 Å². The lowest BCUT2D eigenvalue weighted by Crippen LogP contribution is -2.27. The van der Waals surface area contributed by atoms with Gasteiger partial charge in [0.1, 0.15) is 0 Å². The molecule has 0 saturated heterocycles. The van der Waals surface area contributed by atoms with E-state index in [1.54, 1.807) is 11.8 Å². The van der Waals surface area contributed by atoms with Crippen molar-refractivity contribution in [2.45, 2.75) is 12.8 Å². The number of thioether (sulfide) groups is 1. The third-order valence-electron chi connectivity index (χ3n) is 2.36. The number of benzene rings is 1. The molecular formula is C12H13ClN2OS. The molecule has 17 heavy (non-hydrogen) atoms. The van der Waals surface area contributed by atoms with E-state index in [0.717, 1.165) is 23.0 Å². The van der Waals surface area contributed by atoms with Crippen LogP contribution in [0, 0.1) is 0 Å². The van der Waals surface area contributed by atoms with Crippen molar-refractivity contribution in [2.75, 3.05) is 12.3 Å². The molecule has 0 fully saturated rings. The van der Waals surface area contributed by atoms with Crippen molar-refractivity contribution in [1.82, 2.24) is 5.32 Å². The number of hydrogen-bond acceptors (Lipinski definition) is 3. The molecule has 1 aliphatic rings. The first-order valence-electron chi connectivity index (χ1n) is 5.45. The molecule has 0 aliphatic carbocycles. The third kappa shape index (κ3) is 4.06. The number of aliphatic imine (C=N–C) groups is 1. The molecule has 0 unspecified atom stereocenters. The summed E-state index contributed by atoms with van der Waals surface area (Å²) in [5.41, 5.74) is 1.08. The molecule has 1 amide bonds. The van der Waals surface area contributed by atoms with Crippen LogP contribution in [0.4, 0.5) is 0 Å². The van der Waals surface area contributed by atoms with Crippen molar-refractivity contribution in [3.63, 3.8) is 0 Å². The molecule has 0 bridgehead atoms. The second kappa shape index (κ2) is 6.07. The highest BCUT2D eigenvalue weighted by Gasteiger charge is 2.10. The number of carbonyl (C=O) groups is 1. The summed E-state index contributed by atoms with van der Waals surface area (Å²) in [5, 5.41) is 4.26. The number of hydrogen-bond donors (Lipinski definition) is 1. The Morgan fingerprint density at radius 1 is 1.53 bits per heavy atom. The molecule has 3 nitrogen and oxygen atoms in total. The molecule has 1 aromatic rings. The third-order valence-corrected chi connectivity index (χ3v) is 3.49. The van der Waals surface area contributed by atoms with Crippen LogP contribution < -0.4 is 5.32 Å². The minimum absolute atomic E-state index is 0.0122. The van der Waals surface area contributed by atoms with E-state index in [4.69, 9.17) is 11.6 Å². The summed E-state index contributed by atoms with van der Waals surface area (Å²) in [7, 11) is 0. The van der Waals surface area contributed by atoms with Crippen LogP contribution in [0.15, 0.2) is 29.3 Å². The molecule has 0 aromatic heterocycles. The van der Waals surface area contributed by atoms with Crippen molar-refractivity contribution < 1.29 is 4.79 Å². The molecule has 0 radical (unpaired) electrons. The maximum atomic E-state index is 11.6. The summed E-state index contributed by atoms with van der Waals surface area (Å²) in [4.78, 5) is 15.8. The predicted octanol–water partition coefficient (Wildman–Crippen LogP) is 2.49. The lowest BCUT2D eigenvalue weighted by molar-refractivity contribution is -0.119. The quantitative estimate of drug-likeness (QED) is 0.915. The Labute approximate surface area is 110 Å². The van der Waals surface area contributed by atoms with Gasteiger partial charge in [-0.15, -0.1) is 0 Å². The molecule has 1 aliphatic heterocycles. The number of amidine groups is 1. The Kier molecular flexibility index (Phi) is 4.45. The Hall–Kier alpha value is -1.00. The van der Waals surface area contributed by atoms with Gasteiger partial charge in [-0.2, -0.15) is 0 Å². The van der Waals surface area contributed by atoms with Gasteiger partial charge in [-0.1, -0.05) is 35.5 Å². The molecule has 0 atom stereocenters. The van der Waals surface area contributed by atoms with E-state index in [1.807, 2.05) is 24.3 Å².